The van der Waals surface area contributed by atoms with Crippen LogP contribution in [-0.2, 0) is 4.74 Å². The number of H-pyrrole nitrogens is 1. The average molecular weight is 382 g/mol. The first-order valence-electron chi connectivity index (χ1n) is 8.40. The highest BCUT2D eigenvalue weighted by Crippen LogP contribution is 2.32. The second-order valence-electron chi connectivity index (χ2n) is 6.23. The van der Waals surface area contributed by atoms with Crippen molar-refractivity contribution >= 4 is 22.9 Å². The van der Waals surface area contributed by atoms with E-state index >= 15 is 0 Å². The number of nitrogens with zero attached hydrogens (tertiary/aromatic N) is 2. The summed E-state index contributed by atoms with van der Waals surface area (Å²) in [5, 5.41) is 32.1. The number of anilines is 1. The Morgan fingerprint density at radius 2 is 2.15 bits per heavy atom. The molecule has 3 heterocycles. The summed E-state index contributed by atoms with van der Waals surface area (Å²) in [5.41, 5.74) is 10.4. The summed E-state index contributed by atoms with van der Waals surface area (Å²) in [6.07, 6.45) is -3.10. The topological polar surface area (TPSA) is 202 Å². The lowest BCUT2D eigenvalue weighted by Crippen LogP contribution is -2.33. The summed E-state index contributed by atoms with van der Waals surface area (Å²) in [6.45, 7) is 0.190. The van der Waals surface area contributed by atoms with Crippen molar-refractivity contribution in [2.75, 3.05) is 25.4 Å². The van der Waals surface area contributed by atoms with Crippen LogP contribution in [0.25, 0.3) is 11.0 Å². The standard InChI is InChI=1S/C15H22N6O6/c16-2-1-3-18-12(25)6-4-21(11-8(6)13(26)20-15(17)19-11)14-10(24)9(23)7(5-22)27-14/h4,7,9-10,14,22-24H,1-3,5,16H2,(H,18,25)(H3,17,19,20,26)/t7-,9-,10-,14-/m1/s1. The molecular formula is C15H22N6O6. The third-order valence-electron chi connectivity index (χ3n) is 4.40. The number of carbonyl (C=O) groups is 1. The number of ether oxygens (including phenoxy) is 1. The Balaban J connectivity index is 2.08. The number of aliphatic hydroxyl groups is 3. The van der Waals surface area contributed by atoms with E-state index in [4.69, 9.17) is 16.2 Å². The van der Waals surface area contributed by atoms with Gasteiger partial charge in [-0.05, 0) is 13.0 Å². The largest absolute Gasteiger partial charge is 0.394 e. The van der Waals surface area contributed by atoms with Crippen LogP contribution in [0.3, 0.4) is 0 Å². The molecule has 1 saturated heterocycles. The van der Waals surface area contributed by atoms with Gasteiger partial charge in [0.2, 0.25) is 5.95 Å². The maximum atomic E-state index is 12.5. The summed E-state index contributed by atoms with van der Waals surface area (Å²) in [5.74, 6) is -0.718. The highest BCUT2D eigenvalue weighted by atomic mass is 16.6. The van der Waals surface area contributed by atoms with E-state index in [0.717, 1.165) is 0 Å². The number of nitrogens with one attached hydrogen (secondary N) is 2. The van der Waals surface area contributed by atoms with Gasteiger partial charge < -0.3 is 41.4 Å². The van der Waals surface area contributed by atoms with Crippen LogP contribution in [0.4, 0.5) is 5.95 Å². The maximum absolute atomic E-state index is 12.5. The molecule has 1 aliphatic heterocycles. The van der Waals surface area contributed by atoms with Crippen LogP contribution in [0, 0.1) is 0 Å². The molecule has 12 nitrogen and oxygen atoms in total. The summed E-state index contributed by atoms with van der Waals surface area (Å²) < 4.78 is 6.72. The quantitative estimate of drug-likeness (QED) is 0.254. The third-order valence-corrected chi connectivity index (χ3v) is 4.40. The second-order valence-corrected chi connectivity index (χ2v) is 6.23. The van der Waals surface area contributed by atoms with Gasteiger partial charge in [-0.1, -0.05) is 0 Å². The van der Waals surface area contributed by atoms with E-state index in [-0.39, 0.29) is 22.5 Å². The number of nitrogen functional groups attached to an aromatic ring is 1. The molecule has 0 spiro atoms. The van der Waals surface area contributed by atoms with Gasteiger partial charge in [0.1, 0.15) is 18.3 Å². The van der Waals surface area contributed by atoms with Crippen molar-refractivity contribution in [2.24, 2.45) is 5.73 Å². The van der Waals surface area contributed by atoms with Crippen LogP contribution in [-0.4, -0.2) is 73.8 Å². The molecule has 1 fully saturated rings. The lowest BCUT2D eigenvalue weighted by molar-refractivity contribution is -0.0508. The summed E-state index contributed by atoms with van der Waals surface area (Å²) in [7, 11) is 0. The van der Waals surface area contributed by atoms with Crippen LogP contribution in [0.2, 0.25) is 0 Å². The van der Waals surface area contributed by atoms with Crippen molar-refractivity contribution < 1.29 is 24.9 Å². The molecule has 1 amide bonds. The average Bonchev–Trinajstić information content (AvgIpc) is 3.14. The number of carbonyl (C=O) groups excluding carboxylic acids is 1. The molecule has 0 aromatic carbocycles. The Kier molecular flexibility index (Phi) is 5.43. The van der Waals surface area contributed by atoms with Gasteiger partial charge in [0.25, 0.3) is 11.5 Å². The second kappa shape index (κ2) is 7.62. The molecule has 4 atom stereocenters. The highest BCUT2D eigenvalue weighted by molar-refractivity contribution is 6.06. The minimum absolute atomic E-state index is 0.00788. The number of hydrogen-bond acceptors (Lipinski definition) is 9. The number of aliphatic hydroxyl groups excluding tert-OH is 3. The van der Waals surface area contributed by atoms with Crippen molar-refractivity contribution in [2.45, 2.75) is 31.0 Å². The van der Waals surface area contributed by atoms with Crippen molar-refractivity contribution in [3.8, 4) is 0 Å². The van der Waals surface area contributed by atoms with Crippen molar-refractivity contribution in [3.63, 3.8) is 0 Å². The van der Waals surface area contributed by atoms with E-state index in [1.165, 1.54) is 10.8 Å². The number of aromatic nitrogens is 3. The first-order valence-corrected chi connectivity index (χ1v) is 8.40. The smallest absolute Gasteiger partial charge is 0.262 e. The van der Waals surface area contributed by atoms with Gasteiger partial charge >= 0.3 is 0 Å². The minimum Gasteiger partial charge on any atom is -0.394 e. The predicted molar refractivity (Wildman–Crippen MR) is 93.8 cm³/mol. The Morgan fingerprint density at radius 3 is 2.78 bits per heavy atom. The molecule has 0 saturated carbocycles. The molecule has 27 heavy (non-hydrogen) atoms. The lowest BCUT2D eigenvalue weighted by Gasteiger charge is -2.17. The number of amides is 1. The zero-order chi connectivity index (χ0) is 19.7. The molecule has 2 aromatic rings. The van der Waals surface area contributed by atoms with Gasteiger partial charge in [-0.25, -0.2) is 0 Å². The third kappa shape index (κ3) is 3.40. The van der Waals surface area contributed by atoms with Crippen molar-refractivity contribution in [1.82, 2.24) is 19.9 Å². The van der Waals surface area contributed by atoms with Gasteiger partial charge in [-0.3, -0.25) is 14.6 Å². The van der Waals surface area contributed by atoms with E-state index < -0.39 is 42.6 Å². The van der Waals surface area contributed by atoms with Crippen LogP contribution < -0.4 is 22.3 Å². The molecular weight excluding hydrogens is 360 g/mol. The fourth-order valence-electron chi connectivity index (χ4n) is 3.05. The van der Waals surface area contributed by atoms with Gasteiger partial charge in [-0.2, -0.15) is 4.98 Å². The number of rotatable bonds is 6. The van der Waals surface area contributed by atoms with Gasteiger partial charge in [0.15, 0.2) is 11.9 Å². The molecule has 12 heteroatoms. The Labute approximate surface area is 152 Å². The molecule has 0 unspecified atom stereocenters. The summed E-state index contributed by atoms with van der Waals surface area (Å²) in [6, 6.07) is 0. The fourth-order valence-corrected chi connectivity index (χ4v) is 3.05. The van der Waals surface area contributed by atoms with Gasteiger partial charge in [0.05, 0.1) is 17.6 Å². The predicted octanol–water partition coefficient (Wildman–Crippen LogP) is -3.00. The van der Waals surface area contributed by atoms with Crippen molar-refractivity contribution in [3.05, 3.63) is 22.1 Å². The first-order chi connectivity index (χ1) is 12.9. The van der Waals surface area contributed by atoms with E-state index in [0.29, 0.717) is 19.5 Å². The molecule has 1 aliphatic rings. The molecule has 0 radical (unpaired) electrons. The maximum Gasteiger partial charge on any atom is 0.262 e. The Hall–Kier alpha value is -2.51. The van der Waals surface area contributed by atoms with E-state index in [1.807, 2.05) is 0 Å². The number of fused-ring (bicyclic) bond motifs is 1. The fraction of sp³-hybridized carbons (Fsp3) is 0.533. The number of nitrogens with two attached hydrogens (primary N) is 2. The monoisotopic (exact) mass is 382 g/mol. The highest BCUT2D eigenvalue weighted by Gasteiger charge is 2.44. The van der Waals surface area contributed by atoms with Crippen LogP contribution >= 0.6 is 0 Å². The van der Waals surface area contributed by atoms with E-state index in [1.54, 1.807) is 0 Å². The molecule has 2 aromatic heterocycles. The number of hydrogen-bond donors (Lipinski definition) is 7. The normalized spacial score (nSPS) is 25.2. The van der Waals surface area contributed by atoms with E-state index in [2.05, 4.69) is 15.3 Å². The van der Waals surface area contributed by atoms with Gasteiger partial charge in [0, 0.05) is 12.7 Å². The zero-order valence-corrected chi connectivity index (χ0v) is 14.3. The molecule has 148 valence electrons. The zero-order valence-electron chi connectivity index (χ0n) is 14.3. The molecule has 0 aliphatic carbocycles. The molecule has 0 bridgehead atoms. The molecule has 9 N–H and O–H groups in total. The van der Waals surface area contributed by atoms with E-state index in [9.17, 15) is 24.9 Å². The summed E-state index contributed by atoms with van der Waals surface area (Å²) in [4.78, 5) is 31.2. The van der Waals surface area contributed by atoms with Crippen LogP contribution in [0.15, 0.2) is 11.0 Å². The van der Waals surface area contributed by atoms with Crippen LogP contribution in [0.1, 0.15) is 23.0 Å². The number of aromatic amines is 1. The Bertz CT molecular complexity index is 895. The Morgan fingerprint density at radius 1 is 1.41 bits per heavy atom. The lowest BCUT2D eigenvalue weighted by atomic mass is 10.1. The SMILES string of the molecule is NCCCNC(=O)c1cn([C@@H]2O[C@H](CO)[C@@H](O)[C@H]2O)c2nc(N)[nH]c(=O)c12. The van der Waals surface area contributed by atoms with Gasteiger partial charge in [-0.15, -0.1) is 0 Å². The summed E-state index contributed by atoms with van der Waals surface area (Å²) >= 11 is 0. The van der Waals surface area contributed by atoms with Crippen molar-refractivity contribution in [1.29, 1.82) is 0 Å². The first kappa shape index (κ1) is 19.3. The minimum atomic E-state index is -1.41. The molecule has 3 rings (SSSR count). The van der Waals surface area contributed by atoms with Crippen LogP contribution in [0.5, 0.6) is 0 Å².